The summed E-state index contributed by atoms with van der Waals surface area (Å²) >= 11 is 0. The molecule has 0 bridgehead atoms. The van der Waals surface area contributed by atoms with E-state index in [4.69, 9.17) is 8.60 Å². The fourth-order valence-electron chi connectivity index (χ4n) is 2.93. The number of anilines is 1. The van der Waals surface area contributed by atoms with Crippen LogP contribution >= 0.6 is 0 Å². The third kappa shape index (κ3) is 6.36. The molecule has 2 amide bonds. The summed E-state index contributed by atoms with van der Waals surface area (Å²) in [5.74, 6) is 0.725. The number of benzene rings is 2. The topological polar surface area (TPSA) is 88.9 Å². The minimum absolute atomic E-state index is 0.125. The molecular weight excluding hydrogens is 416 g/mol. The molecule has 0 fully saturated rings. The van der Waals surface area contributed by atoms with Crippen LogP contribution in [0, 0.1) is 13.8 Å². The van der Waals surface area contributed by atoms with Crippen LogP contribution in [0.2, 0.25) is 0 Å². The molecule has 3 aromatic rings. The lowest BCUT2D eigenvalue weighted by molar-refractivity contribution is 0.201. The molecule has 2 aromatic carbocycles. The van der Waals surface area contributed by atoms with Crippen molar-refractivity contribution in [1.82, 2.24) is 4.90 Å². The highest BCUT2D eigenvalue weighted by atomic mass is 32.2. The average molecular weight is 443 g/mol. The van der Waals surface area contributed by atoms with Crippen molar-refractivity contribution in [3.05, 3.63) is 83.3 Å². The van der Waals surface area contributed by atoms with Gasteiger partial charge in [-0.25, -0.2) is 4.79 Å². The summed E-state index contributed by atoms with van der Waals surface area (Å²) in [6, 6.07) is 15.7. The molecule has 0 aliphatic heterocycles. The van der Waals surface area contributed by atoms with Crippen LogP contribution in [0.1, 0.15) is 29.4 Å². The van der Waals surface area contributed by atoms with Gasteiger partial charge in [-0.15, -0.1) is 0 Å². The maximum atomic E-state index is 13.0. The molecule has 0 aliphatic carbocycles. The van der Waals surface area contributed by atoms with Crippen LogP contribution < -0.4 is 9.50 Å². The second-order valence-electron chi connectivity index (χ2n) is 7.24. The van der Waals surface area contributed by atoms with Gasteiger partial charge in [-0.3, -0.25) is 0 Å². The van der Waals surface area contributed by atoms with Gasteiger partial charge in [0.15, 0.2) is 0 Å². The third-order valence-electron chi connectivity index (χ3n) is 4.82. The number of nitrogens with one attached hydrogen (secondary N) is 1. The van der Waals surface area contributed by atoms with E-state index in [9.17, 15) is 13.2 Å². The number of urea groups is 1. The molecule has 0 aliphatic rings. The van der Waals surface area contributed by atoms with Crippen molar-refractivity contribution >= 4 is 21.8 Å². The third-order valence-corrected chi connectivity index (χ3v) is 5.97. The highest BCUT2D eigenvalue weighted by Gasteiger charge is 2.18. The zero-order valence-corrected chi connectivity index (χ0v) is 18.6. The van der Waals surface area contributed by atoms with E-state index in [0.717, 1.165) is 16.7 Å². The van der Waals surface area contributed by atoms with Gasteiger partial charge >= 0.3 is 16.1 Å². The van der Waals surface area contributed by atoms with E-state index < -0.39 is 10.1 Å². The molecule has 164 valence electrons. The Morgan fingerprint density at radius 1 is 1.03 bits per heavy atom. The number of rotatable bonds is 8. The van der Waals surface area contributed by atoms with Gasteiger partial charge in [0.1, 0.15) is 11.5 Å². The Morgan fingerprint density at radius 2 is 1.84 bits per heavy atom. The SMILES string of the molecule is CCS(=O)(=O)Oc1cccc(CN(Cc2ccco2)C(=O)Nc2ccc(C)c(C)c2)c1. The fourth-order valence-corrected chi connectivity index (χ4v) is 3.45. The van der Waals surface area contributed by atoms with Crippen molar-refractivity contribution in [3.63, 3.8) is 0 Å². The molecule has 0 unspecified atom stereocenters. The van der Waals surface area contributed by atoms with Gasteiger partial charge in [0.2, 0.25) is 0 Å². The number of furan rings is 1. The normalized spacial score (nSPS) is 11.2. The monoisotopic (exact) mass is 442 g/mol. The maximum absolute atomic E-state index is 13.0. The minimum Gasteiger partial charge on any atom is -0.467 e. The number of carbonyl (C=O) groups is 1. The van der Waals surface area contributed by atoms with Crippen molar-refractivity contribution in [2.75, 3.05) is 11.1 Å². The van der Waals surface area contributed by atoms with E-state index in [1.807, 2.05) is 38.1 Å². The summed E-state index contributed by atoms with van der Waals surface area (Å²) in [5, 5.41) is 2.92. The Kier molecular flexibility index (Phi) is 7.02. The van der Waals surface area contributed by atoms with E-state index in [1.54, 1.807) is 41.5 Å². The highest BCUT2D eigenvalue weighted by molar-refractivity contribution is 7.87. The zero-order valence-electron chi connectivity index (χ0n) is 17.8. The first-order chi connectivity index (χ1) is 14.8. The quantitative estimate of drug-likeness (QED) is 0.503. The van der Waals surface area contributed by atoms with Gasteiger partial charge < -0.3 is 18.8 Å². The number of nitrogens with zero attached hydrogens (tertiary/aromatic N) is 1. The summed E-state index contributed by atoms with van der Waals surface area (Å²) in [4.78, 5) is 14.6. The number of amides is 2. The summed E-state index contributed by atoms with van der Waals surface area (Å²) in [6.07, 6.45) is 1.55. The van der Waals surface area contributed by atoms with Crippen LogP contribution in [0.4, 0.5) is 10.5 Å². The molecular formula is C23H26N2O5S. The maximum Gasteiger partial charge on any atom is 0.322 e. The Balaban J connectivity index is 1.80. The molecule has 8 heteroatoms. The molecule has 3 rings (SSSR count). The van der Waals surface area contributed by atoms with Crippen LogP contribution in [0.5, 0.6) is 5.75 Å². The van der Waals surface area contributed by atoms with Gasteiger partial charge in [0.25, 0.3) is 0 Å². The van der Waals surface area contributed by atoms with E-state index in [2.05, 4.69) is 5.32 Å². The van der Waals surface area contributed by atoms with Gasteiger partial charge in [-0.2, -0.15) is 8.42 Å². The highest BCUT2D eigenvalue weighted by Crippen LogP contribution is 2.20. The molecule has 0 spiro atoms. The number of hydrogen-bond donors (Lipinski definition) is 1. The molecule has 31 heavy (non-hydrogen) atoms. The number of carbonyl (C=O) groups excluding carboxylic acids is 1. The van der Waals surface area contributed by atoms with Crippen molar-refractivity contribution in [2.24, 2.45) is 0 Å². The second kappa shape index (κ2) is 9.70. The Bertz CT molecular complexity index is 1140. The standard InChI is InChI=1S/C23H26N2O5S/c1-4-31(27,28)30-21-8-5-7-19(14-21)15-25(16-22-9-6-12-29-22)23(26)24-20-11-10-17(2)18(3)13-20/h5-14H,4,15-16H2,1-3H3,(H,24,26). The van der Waals surface area contributed by atoms with Crippen LogP contribution in [0.15, 0.2) is 65.3 Å². The smallest absolute Gasteiger partial charge is 0.322 e. The van der Waals surface area contributed by atoms with E-state index >= 15 is 0 Å². The van der Waals surface area contributed by atoms with Crippen molar-refractivity contribution in [1.29, 1.82) is 0 Å². The van der Waals surface area contributed by atoms with Crippen molar-refractivity contribution < 1.29 is 21.8 Å². The molecule has 7 nitrogen and oxygen atoms in total. The predicted molar refractivity (Wildman–Crippen MR) is 119 cm³/mol. The molecule has 0 radical (unpaired) electrons. The van der Waals surface area contributed by atoms with Crippen molar-refractivity contribution in [2.45, 2.75) is 33.9 Å². The fraction of sp³-hybridized carbons (Fsp3) is 0.261. The summed E-state index contributed by atoms with van der Waals surface area (Å²) in [5.41, 5.74) is 3.65. The molecule has 1 N–H and O–H groups in total. The van der Waals surface area contributed by atoms with Crippen LogP contribution in [0.25, 0.3) is 0 Å². The van der Waals surface area contributed by atoms with E-state index in [1.165, 1.54) is 6.92 Å². The van der Waals surface area contributed by atoms with Crippen LogP contribution in [0.3, 0.4) is 0 Å². The molecule has 0 saturated carbocycles. The van der Waals surface area contributed by atoms with Gasteiger partial charge in [-0.1, -0.05) is 18.2 Å². The molecule has 0 atom stereocenters. The Morgan fingerprint density at radius 3 is 2.52 bits per heavy atom. The van der Waals surface area contributed by atoms with Gasteiger partial charge in [-0.05, 0) is 73.9 Å². The second-order valence-corrected chi connectivity index (χ2v) is 9.10. The summed E-state index contributed by atoms with van der Waals surface area (Å²) in [7, 11) is -3.63. The summed E-state index contributed by atoms with van der Waals surface area (Å²) < 4.78 is 34.0. The average Bonchev–Trinajstić information content (AvgIpc) is 3.23. The largest absolute Gasteiger partial charge is 0.467 e. The van der Waals surface area contributed by atoms with Crippen LogP contribution in [-0.4, -0.2) is 25.1 Å². The van der Waals surface area contributed by atoms with E-state index in [-0.39, 0.29) is 30.6 Å². The van der Waals surface area contributed by atoms with Crippen LogP contribution in [-0.2, 0) is 23.2 Å². The lowest BCUT2D eigenvalue weighted by atomic mass is 10.1. The number of hydrogen-bond acceptors (Lipinski definition) is 5. The zero-order chi connectivity index (χ0) is 22.4. The molecule has 0 saturated heterocycles. The first-order valence-corrected chi connectivity index (χ1v) is 11.5. The Hall–Kier alpha value is -3.26. The minimum atomic E-state index is -3.63. The van der Waals surface area contributed by atoms with Gasteiger partial charge in [0, 0.05) is 12.2 Å². The van der Waals surface area contributed by atoms with E-state index in [0.29, 0.717) is 11.4 Å². The lowest BCUT2D eigenvalue weighted by Gasteiger charge is -2.23. The van der Waals surface area contributed by atoms with Crippen molar-refractivity contribution in [3.8, 4) is 5.75 Å². The molecule has 1 heterocycles. The first kappa shape index (κ1) is 22.4. The van der Waals surface area contributed by atoms with Gasteiger partial charge in [0.05, 0.1) is 18.6 Å². The first-order valence-electron chi connectivity index (χ1n) is 9.92. The lowest BCUT2D eigenvalue weighted by Crippen LogP contribution is -2.34. The molecule has 1 aromatic heterocycles. The predicted octanol–water partition coefficient (Wildman–Crippen LogP) is 4.86. The Labute approximate surface area is 182 Å². The summed E-state index contributed by atoms with van der Waals surface area (Å²) in [6.45, 7) is 6.00. The number of aryl methyl sites for hydroxylation is 2.